The molecule has 2 heterocycles. The largest absolute Gasteiger partial charge is 0.454 e. The summed E-state index contributed by atoms with van der Waals surface area (Å²) in [7, 11) is 0. The zero-order valence-electron chi connectivity index (χ0n) is 12.1. The highest BCUT2D eigenvalue weighted by Crippen LogP contribution is 2.15. The van der Waals surface area contributed by atoms with Gasteiger partial charge in [-0.3, -0.25) is 9.78 Å². The maximum atomic E-state index is 12.0. The Morgan fingerprint density at radius 1 is 1.00 bits per heavy atom. The highest BCUT2D eigenvalue weighted by atomic mass is 16.5. The van der Waals surface area contributed by atoms with E-state index in [1.54, 1.807) is 54.9 Å². The number of H-pyrrole nitrogens is 1. The Morgan fingerprint density at radius 3 is 2.48 bits per heavy atom. The minimum Gasteiger partial charge on any atom is -0.454 e. The first kappa shape index (κ1) is 14.6. The fraction of sp³-hybridized carbons (Fsp3) is 0.0588. The molecule has 1 N–H and O–H groups in total. The quantitative estimate of drug-likeness (QED) is 0.578. The zero-order valence-corrected chi connectivity index (χ0v) is 12.1. The first-order valence-corrected chi connectivity index (χ1v) is 6.95. The van der Waals surface area contributed by atoms with Crippen LogP contribution in [0.25, 0.3) is 11.4 Å². The summed E-state index contributed by atoms with van der Waals surface area (Å²) in [5.41, 5.74) is 1.50. The fourth-order valence-electron chi connectivity index (χ4n) is 2.00. The molecule has 0 bridgehead atoms. The molecule has 0 atom stereocenters. The molecule has 0 saturated heterocycles. The Balaban J connectivity index is 1.61. The molecule has 0 aliphatic rings. The van der Waals surface area contributed by atoms with E-state index in [0.29, 0.717) is 5.56 Å². The molecule has 0 amide bonds. The van der Waals surface area contributed by atoms with Gasteiger partial charge < -0.3 is 9.72 Å². The molecule has 6 heteroatoms. The average Bonchev–Trinajstić information content (AvgIpc) is 3.15. The summed E-state index contributed by atoms with van der Waals surface area (Å²) >= 11 is 0. The van der Waals surface area contributed by atoms with Crippen molar-refractivity contribution in [2.24, 2.45) is 0 Å². The van der Waals surface area contributed by atoms with Crippen molar-refractivity contribution < 1.29 is 14.3 Å². The van der Waals surface area contributed by atoms with Gasteiger partial charge >= 0.3 is 5.97 Å². The Bertz CT molecular complexity index is 797. The lowest BCUT2D eigenvalue weighted by Crippen LogP contribution is -2.15. The molecule has 114 valence electrons. The lowest BCUT2D eigenvalue weighted by Gasteiger charge is -2.04. The van der Waals surface area contributed by atoms with E-state index in [1.165, 1.54) is 6.20 Å². The second kappa shape index (κ2) is 6.65. The number of esters is 1. The molecular formula is C17H13N3O3. The normalized spacial score (nSPS) is 10.3. The third-order valence-electron chi connectivity index (χ3n) is 3.18. The third-order valence-corrected chi connectivity index (χ3v) is 3.18. The number of nitrogens with zero attached hydrogens (tertiary/aromatic N) is 2. The van der Waals surface area contributed by atoms with Crippen molar-refractivity contribution in [3.05, 3.63) is 72.3 Å². The number of hydrogen-bond acceptors (Lipinski definition) is 5. The van der Waals surface area contributed by atoms with Gasteiger partial charge in [-0.05, 0) is 24.3 Å². The lowest BCUT2D eigenvalue weighted by atomic mass is 10.1. The van der Waals surface area contributed by atoms with Gasteiger partial charge in [0.2, 0.25) is 5.78 Å². The van der Waals surface area contributed by atoms with Crippen molar-refractivity contribution in [2.75, 3.05) is 6.61 Å². The van der Waals surface area contributed by atoms with Gasteiger partial charge in [0.25, 0.3) is 0 Å². The van der Waals surface area contributed by atoms with Crippen LogP contribution in [0.1, 0.15) is 20.8 Å². The van der Waals surface area contributed by atoms with Crippen LogP contribution in [0.4, 0.5) is 0 Å². The van der Waals surface area contributed by atoms with Crippen molar-refractivity contribution >= 4 is 11.8 Å². The standard InChI is InChI=1S/C17H13N3O3/c21-15(14-3-1-2-8-18-14)11-23-17(22)13-6-4-12(5-7-13)16-19-9-10-20-16/h1-10H,11H2,(H,19,20). The van der Waals surface area contributed by atoms with E-state index in [2.05, 4.69) is 15.0 Å². The second-order valence-corrected chi connectivity index (χ2v) is 4.73. The maximum absolute atomic E-state index is 12.0. The van der Waals surface area contributed by atoms with Crippen LogP contribution in [0.15, 0.2) is 61.1 Å². The van der Waals surface area contributed by atoms with Crippen LogP contribution >= 0.6 is 0 Å². The predicted molar refractivity (Wildman–Crippen MR) is 82.9 cm³/mol. The highest BCUT2D eigenvalue weighted by Gasteiger charge is 2.12. The van der Waals surface area contributed by atoms with Crippen LogP contribution in [0.2, 0.25) is 0 Å². The summed E-state index contributed by atoms with van der Waals surface area (Å²) in [4.78, 5) is 34.8. The van der Waals surface area contributed by atoms with Crippen LogP contribution in [-0.2, 0) is 4.74 Å². The lowest BCUT2D eigenvalue weighted by molar-refractivity contribution is 0.0473. The topological polar surface area (TPSA) is 84.9 Å². The predicted octanol–water partition coefficient (Wildman–Crippen LogP) is 2.51. The molecule has 3 aromatic rings. The van der Waals surface area contributed by atoms with Crippen molar-refractivity contribution in [1.29, 1.82) is 0 Å². The molecule has 3 rings (SSSR count). The van der Waals surface area contributed by atoms with Gasteiger partial charge in [0.15, 0.2) is 6.61 Å². The van der Waals surface area contributed by atoms with E-state index >= 15 is 0 Å². The number of ketones is 1. The van der Waals surface area contributed by atoms with E-state index in [-0.39, 0.29) is 18.1 Å². The molecule has 0 radical (unpaired) electrons. The monoisotopic (exact) mass is 307 g/mol. The first-order chi connectivity index (χ1) is 11.2. The van der Waals surface area contributed by atoms with Gasteiger partial charge in [-0.25, -0.2) is 9.78 Å². The molecule has 2 aromatic heterocycles. The van der Waals surface area contributed by atoms with Gasteiger partial charge in [0, 0.05) is 24.2 Å². The molecule has 0 aliphatic carbocycles. The van der Waals surface area contributed by atoms with Crippen molar-refractivity contribution in [1.82, 2.24) is 15.0 Å². The minimum atomic E-state index is -0.555. The number of imidazole rings is 1. The molecule has 23 heavy (non-hydrogen) atoms. The number of pyridine rings is 1. The van der Waals surface area contributed by atoms with Crippen LogP contribution in [0.5, 0.6) is 0 Å². The molecule has 0 saturated carbocycles. The Morgan fingerprint density at radius 2 is 1.83 bits per heavy atom. The molecular weight excluding hydrogens is 294 g/mol. The smallest absolute Gasteiger partial charge is 0.338 e. The number of ether oxygens (including phenoxy) is 1. The number of carbonyl (C=O) groups excluding carboxylic acids is 2. The van der Waals surface area contributed by atoms with E-state index in [4.69, 9.17) is 4.74 Å². The number of aromatic amines is 1. The number of rotatable bonds is 5. The molecule has 0 unspecified atom stereocenters. The molecule has 0 aliphatic heterocycles. The molecule has 0 fully saturated rings. The Hall–Kier alpha value is -3.28. The molecule has 6 nitrogen and oxygen atoms in total. The SMILES string of the molecule is O=C(OCC(=O)c1ccccn1)c1ccc(-c2ncc[nH]2)cc1. The van der Waals surface area contributed by atoms with Crippen molar-refractivity contribution in [2.45, 2.75) is 0 Å². The van der Waals surface area contributed by atoms with E-state index in [0.717, 1.165) is 11.4 Å². The maximum Gasteiger partial charge on any atom is 0.338 e. The number of hydrogen-bond donors (Lipinski definition) is 1. The first-order valence-electron chi connectivity index (χ1n) is 6.95. The van der Waals surface area contributed by atoms with Crippen LogP contribution in [0, 0.1) is 0 Å². The summed E-state index contributed by atoms with van der Waals surface area (Å²) < 4.78 is 5.02. The number of Topliss-reactive ketones (excluding diaryl/α,β-unsaturated/α-hetero) is 1. The van der Waals surface area contributed by atoms with Gasteiger partial charge in [-0.1, -0.05) is 18.2 Å². The average molecular weight is 307 g/mol. The number of benzene rings is 1. The van der Waals surface area contributed by atoms with Crippen molar-refractivity contribution in [3.8, 4) is 11.4 Å². The Labute approximate surface area is 132 Å². The van der Waals surface area contributed by atoms with Gasteiger partial charge in [0.05, 0.1) is 5.56 Å². The van der Waals surface area contributed by atoms with E-state index in [1.807, 2.05) is 0 Å². The van der Waals surface area contributed by atoms with E-state index < -0.39 is 5.97 Å². The van der Waals surface area contributed by atoms with E-state index in [9.17, 15) is 9.59 Å². The number of carbonyl (C=O) groups is 2. The van der Waals surface area contributed by atoms with Gasteiger partial charge in [-0.2, -0.15) is 0 Å². The van der Waals surface area contributed by atoms with Gasteiger partial charge in [-0.15, -0.1) is 0 Å². The summed E-state index contributed by atoms with van der Waals surface area (Å²) in [6, 6.07) is 11.8. The van der Waals surface area contributed by atoms with Gasteiger partial charge in [0.1, 0.15) is 11.5 Å². The third kappa shape index (κ3) is 3.49. The van der Waals surface area contributed by atoms with Crippen LogP contribution < -0.4 is 0 Å². The summed E-state index contributed by atoms with van der Waals surface area (Å²) in [5.74, 6) is -0.179. The molecule has 0 spiro atoms. The number of aromatic nitrogens is 3. The summed E-state index contributed by atoms with van der Waals surface area (Å²) in [6.07, 6.45) is 4.89. The number of nitrogens with one attached hydrogen (secondary N) is 1. The van der Waals surface area contributed by atoms with Crippen molar-refractivity contribution in [3.63, 3.8) is 0 Å². The zero-order chi connectivity index (χ0) is 16.1. The minimum absolute atomic E-state index is 0.272. The van der Waals surface area contributed by atoms with Crippen LogP contribution in [0.3, 0.4) is 0 Å². The summed E-state index contributed by atoms with van der Waals surface area (Å²) in [5, 5.41) is 0. The molecule has 1 aromatic carbocycles. The Kier molecular flexibility index (Phi) is 4.24. The summed E-state index contributed by atoms with van der Waals surface area (Å²) in [6.45, 7) is -0.338. The fourth-order valence-corrected chi connectivity index (χ4v) is 2.00. The van der Waals surface area contributed by atoms with Crippen LogP contribution in [-0.4, -0.2) is 33.3 Å². The highest BCUT2D eigenvalue weighted by molar-refractivity contribution is 5.98. The second-order valence-electron chi connectivity index (χ2n) is 4.73.